The number of carbonyl (C=O) groups is 2. The number of nitrogens with two attached hydrogens (primary N) is 1. The lowest BCUT2D eigenvalue weighted by molar-refractivity contribution is -0.118. The molecule has 0 unspecified atom stereocenters. The van der Waals surface area contributed by atoms with Crippen LogP contribution in [0.5, 0.6) is 0 Å². The zero-order valence-electron chi connectivity index (χ0n) is 19.0. The number of aromatic nitrogens is 2. The second-order valence-corrected chi connectivity index (χ2v) is 8.06. The van der Waals surface area contributed by atoms with E-state index in [1.165, 1.54) is 15.7 Å². The number of amides is 2. The molecule has 0 aliphatic rings. The number of hydrogen-bond donors (Lipinski definition) is 3. The monoisotopic (exact) mass is 447 g/mol. The molecule has 0 aliphatic heterocycles. The van der Waals surface area contributed by atoms with Crippen molar-refractivity contribution in [1.82, 2.24) is 14.9 Å². The lowest BCUT2D eigenvalue weighted by Gasteiger charge is -2.25. The molecule has 10 heteroatoms. The van der Waals surface area contributed by atoms with Gasteiger partial charge in [-0.25, -0.2) is 4.79 Å². The van der Waals surface area contributed by atoms with Gasteiger partial charge in [-0.05, 0) is 37.3 Å². The van der Waals surface area contributed by atoms with E-state index in [1.807, 2.05) is 20.8 Å². The highest BCUT2D eigenvalue weighted by Crippen LogP contribution is 2.20. The Hall–Kier alpha value is -3.30. The number of anilines is 2. The quantitative estimate of drug-likeness (QED) is 0.425. The number of nitrogens with one attached hydrogen (secondary N) is 2. The minimum atomic E-state index is -0.677. The molecule has 2 aromatic heterocycles. The molecule has 0 spiro atoms. The highest BCUT2D eigenvalue weighted by molar-refractivity contribution is 5.95. The zero-order valence-corrected chi connectivity index (χ0v) is 19.0. The van der Waals surface area contributed by atoms with Crippen LogP contribution in [0, 0.1) is 5.92 Å². The van der Waals surface area contributed by atoms with E-state index in [0.717, 1.165) is 6.42 Å². The van der Waals surface area contributed by atoms with Gasteiger partial charge in [0.1, 0.15) is 5.82 Å². The van der Waals surface area contributed by atoms with E-state index in [9.17, 15) is 19.2 Å². The van der Waals surface area contributed by atoms with Crippen molar-refractivity contribution < 1.29 is 14.0 Å². The lowest BCUT2D eigenvalue weighted by Crippen LogP contribution is -2.42. The number of unbranched alkanes of at least 4 members (excludes halogenated alkanes) is 1. The summed E-state index contributed by atoms with van der Waals surface area (Å²) in [5.41, 5.74) is 4.95. The fraction of sp³-hybridized carbons (Fsp3) is 0.545. The van der Waals surface area contributed by atoms with Crippen LogP contribution in [0.15, 0.2) is 32.4 Å². The molecule has 10 nitrogen and oxygen atoms in total. The van der Waals surface area contributed by atoms with Crippen LogP contribution in [0.25, 0.3) is 0 Å². The van der Waals surface area contributed by atoms with Gasteiger partial charge in [-0.2, -0.15) is 0 Å². The first-order valence-electron chi connectivity index (χ1n) is 11.0. The Kier molecular flexibility index (Phi) is 9.30. The van der Waals surface area contributed by atoms with Crippen LogP contribution in [0.4, 0.5) is 11.5 Å². The summed E-state index contributed by atoms with van der Waals surface area (Å²) < 4.78 is 6.34. The first-order chi connectivity index (χ1) is 15.3. The average Bonchev–Trinajstić information content (AvgIpc) is 3.27. The maximum atomic E-state index is 13.0. The average molecular weight is 448 g/mol. The van der Waals surface area contributed by atoms with Crippen LogP contribution >= 0.6 is 0 Å². The Bertz CT molecular complexity index is 1010. The second-order valence-electron chi connectivity index (χ2n) is 8.06. The molecule has 0 atom stereocenters. The van der Waals surface area contributed by atoms with Gasteiger partial charge in [0.25, 0.3) is 11.5 Å². The van der Waals surface area contributed by atoms with Crippen molar-refractivity contribution in [1.29, 1.82) is 0 Å². The fourth-order valence-corrected chi connectivity index (χ4v) is 3.20. The summed E-state index contributed by atoms with van der Waals surface area (Å²) >= 11 is 0. The number of carbonyl (C=O) groups excluding carboxylic acids is 2. The molecule has 2 heterocycles. The van der Waals surface area contributed by atoms with Gasteiger partial charge in [-0.15, -0.1) is 0 Å². The molecule has 32 heavy (non-hydrogen) atoms. The first-order valence-corrected chi connectivity index (χ1v) is 11.0. The van der Waals surface area contributed by atoms with Crippen molar-refractivity contribution in [2.45, 2.75) is 59.4 Å². The normalized spacial score (nSPS) is 11.0. The highest BCUT2D eigenvalue weighted by Gasteiger charge is 2.24. The second kappa shape index (κ2) is 11.9. The maximum absolute atomic E-state index is 13.0. The minimum Gasteiger partial charge on any atom is -0.459 e. The summed E-state index contributed by atoms with van der Waals surface area (Å²) in [5, 5.41) is 2.69. The number of nitrogen functional groups attached to an aromatic ring is 1. The Morgan fingerprint density at radius 1 is 1.28 bits per heavy atom. The van der Waals surface area contributed by atoms with E-state index in [1.54, 1.807) is 12.1 Å². The summed E-state index contributed by atoms with van der Waals surface area (Å²) in [5.74, 6) is -0.165. The first kappa shape index (κ1) is 25.0. The largest absolute Gasteiger partial charge is 0.459 e. The van der Waals surface area contributed by atoms with Gasteiger partial charge in [0.15, 0.2) is 11.4 Å². The third-order valence-electron chi connectivity index (χ3n) is 5.05. The van der Waals surface area contributed by atoms with E-state index < -0.39 is 11.2 Å². The molecule has 2 amide bonds. The van der Waals surface area contributed by atoms with Crippen molar-refractivity contribution >= 4 is 23.3 Å². The number of furan rings is 1. The molecule has 2 rings (SSSR count). The molecule has 0 aromatic carbocycles. The van der Waals surface area contributed by atoms with Crippen molar-refractivity contribution in [2.75, 3.05) is 23.7 Å². The van der Waals surface area contributed by atoms with E-state index in [0.29, 0.717) is 38.3 Å². The van der Waals surface area contributed by atoms with Gasteiger partial charge < -0.3 is 20.4 Å². The van der Waals surface area contributed by atoms with E-state index in [4.69, 9.17) is 10.2 Å². The van der Waals surface area contributed by atoms with Gasteiger partial charge in [0, 0.05) is 26.1 Å². The standard InChI is InChI=1S/C22H33N5O5/c1-4-5-12-27-19(23)18(21(30)25-22(27)31)26(13-10-15(2)3)17(28)9-6-11-24-20(29)16-8-7-14-32-16/h7-8,14-15H,4-6,9-13,23H2,1-3H3,(H,24,29)(H,25,30,31). The van der Waals surface area contributed by atoms with E-state index in [2.05, 4.69) is 10.3 Å². The van der Waals surface area contributed by atoms with Gasteiger partial charge in [-0.1, -0.05) is 27.2 Å². The van der Waals surface area contributed by atoms with Crippen molar-refractivity contribution in [3.8, 4) is 0 Å². The molecule has 4 N–H and O–H groups in total. The Morgan fingerprint density at radius 3 is 2.66 bits per heavy atom. The summed E-state index contributed by atoms with van der Waals surface area (Å²) in [6.45, 7) is 6.94. The van der Waals surface area contributed by atoms with Gasteiger partial charge in [-0.3, -0.25) is 23.9 Å². The molecule has 0 saturated carbocycles. The van der Waals surface area contributed by atoms with E-state index >= 15 is 0 Å². The Morgan fingerprint density at radius 2 is 2.03 bits per heavy atom. The number of rotatable bonds is 12. The minimum absolute atomic E-state index is 0.00423. The van der Waals surface area contributed by atoms with Crippen LogP contribution in [0.3, 0.4) is 0 Å². The molecule has 0 bridgehead atoms. The third-order valence-corrected chi connectivity index (χ3v) is 5.05. The number of hydrogen-bond acceptors (Lipinski definition) is 6. The molecule has 0 fully saturated rings. The van der Waals surface area contributed by atoms with Crippen molar-refractivity contribution in [3.05, 3.63) is 45.0 Å². The van der Waals surface area contributed by atoms with Gasteiger partial charge in [0.05, 0.1) is 6.26 Å². The SMILES string of the molecule is CCCCn1c(N)c(N(CCC(C)C)C(=O)CCCNC(=O)c2ccco2)c(=O)[nH]c1=O. The van der Waals surface area contributed by atoms with E-state index in [-0.39, 0.29) is 42.0 Å². The van der Waals surface area contributed by atoms with Gasteiger partial charge >= 0.3 is 5.69 Å². The third kappa shape index (κ3) is 6.60. The molecular formula is C22H33N5O5. The fourth-order valence-electron chi connectivity index (χ4n) is 3.20. The van der Waals surface area contributed by atoms with Crippen LogP contribution in [0.1, 0.15) is 63.4 Å². The van der Waals surface area contributed by atoms with Crippen LogP contribution < -0.4 is 27.2 Å². The molecular weight excluding hydrogens is 414 g/mol. The summed E-state index contributed by atoms with van der Waals surface area (Å²) in [6.07, 6.45) is 4.10. The summed E-state index contributed by atoms with van der Waals surface area (Å²) in [7, 11) is 0. The highest BCUT2D eigenvalue weighted by atomic mass is 16.3. The Balaban J connectivity index is 2.16. The smallest absolute Gasteiger partial charge is 0.330 e. The number of nitrogens with zero attached hydrogens (tertiary/aromatic N) is 2. The summed E-state index contributed by atoms with van der Waals surface area (Å²) in [4.78, 5) is 53.5. The number of H-pyrrole nitrogens is 1. The predicted octanol–water partition coefficient (Wildman–Crippen LogP) is 2.10. The van der Waals surface area contributed by atoms with Crippen molar-refractivity contribution in [3.63, 3.8) is 0 Å². The van der Waals surface area contributed by atoms with Gasteiger partial charge in [0.2, 0.25) is 5.91 Å². The van der Waals surface area contributed by atoms with Crippen molar-refractivity contribution in [2.24, 2.45) is 5.92 Å². The molecule has 0 radical (unpaired) electrons. The number of aromatic amines is 1. The predicted molar refractivity (Wildman–Crippen MR) is 123 cm³/mol. The van der Waals surface area contributed by atoms with Crippen LogP contribution in [0.2, 0.25) is 0 Å². The van der Waals surface area contributed by atoms with Crippen LogP contribution in [-0.4, -0.2) is 34.5 Å². The lowest BCUT2D eigenvalue weighted by atomic mass is 10.1. The Labute approximate surface area is 186 Å². The molecule has 0 aliphatic carbocycles. The zero-order chi connectivity index (χ0) is 23.7. The molecule has 176 valence electrons. The summed E-state index contributed by atoms with van der Waals surface area (Å²) in [6, 6.07) is 3.17. The topological polar surface area (TPSA) is 143 Å². The van der Waals surface area contributed by atoms with Crippen LogP contribution in [-0.2, 0) is 11.3 Å². The molecule has 0 saturated heterocycles. The maximum Gasteiger partial charge on any atom is 0.330 e. The molecule has 2 aromatic rings.